The molecule has 18 heavy (non-hydrogen) atoms. The Morgan fingerprint density at radius 2 is 2.28 bits per heavy atom. The smallest absolute Gasteiger partial charge is 0.232 e. The van der Waals surface area contributed by atoms with E-state index in [9.17, 15) is 0 Å². The van der Waals surface area contributed by atoms with Crippen LogP contribution < -0.4 is 4.74 Å². The number of hydrogen-bond donors (Lipinski definition) is 0. The minimum absolute atomic E-state index is 0.227. The lowest BCUT2D eigenvalue weighted by molar-refractivity contribution is 0.116. The molecular formula is C15H20N2O. The summed E-state index contributed by atoms with van der Waals surface area (Å²) in [7, 11) is 0. The van der Waals surface area contributed by atoms with E-state index in [-0.39, 0.29) is 6.10 Å². The van der Waals surface area contributed by atoms with Crippen molar-refractivity contribution in [3.05, 3.63) is 23.4 Å². The number of hydrogen-bond acceptors (Lipinski definition) is 3. The highest BCUT2D eigenvalue weighted by molar-refractivity contribution is 5.38. The van der Waals surface area contributed by atoms with Crippen LogP contribution >= 0.6 is 0 Å². The van der Waals surface area contributed by atoms with Crippen molar-refractivity contribution in [1.82, 2.24) is 4.98 Å². The van der Waals surface area contributed by atoms with Crippen molar-refractivity contribution >= 4 is 0 Å². The van der Waals surface area contributed by atoms with E-state index >= 15 is 0 Å². The van der Waals surface area contributed by atoms with Crippen molar-refractivity contribution in [3.8, 4) is 11.9 Å². The number of aryl methyl sites for hydroxylation is 1. The first kappa shape index (κ1) is 12.9. The molecule has 2 atom stereocenters. The Balaban J connectivity index is 2.09. The minimum Gasteiger partial charge on any atom is -0.473 e. The van der Waals surface area contributed by atoms with E-state index in [1.165, 1.54) is 19.3 Å². The second-order valence-corrected chi connectivity index (χ2v) is 5.10. The van der Waals surface area contributed by atoms with Crippen LogP contribution in [-0.4, -0.2) is 11.1 Å². The molecule has 0 aromatic carbocycles. The molecule has 1 aliphatic carbocycles. The van der Waals surface area contributed by atoms with Gasteiger partial charge < -0.3 is 4.74 Å². The van der Waals surface area contributed by atoms with Crippen molar-refractivity contribution in [2.45, 2.75) is 52.1 Å². The van der Waals surface area contributed by atoms with Gasteiger partial charge in [0.2, 0.25) is 5.88 Å². The Bertz CT molecular complexity index is 450. The molecule has 1 aromatic heterocycles. The predicted molar refractivity (Wildman–Crippen MR) is 70.4 cm³/mol. The topological polar surface area (TPSA) is 45.9 Å². The highest BCUT2D eigenvalue weighted by Gasteiger charge is 2.23. The summed E-state index contributed by atoms with van der Waals surface area (Å²) >= 11 is 0. The van der Waals surface area contributed by atoms with Gasteiger partial charge in [-0.2, -0.15) is 5.26 Å². The van der Waals surface area contributed by atoms with Gasteiger partial charge >= 0.3 is 0 Å². The molecule has 0 spiro atoms. The monoisotopic (exact) mass is 244 g/mol. The van der Waals surface area contributed by atoms with Crippen molar-refractivity contribution < 1.29 is 4.74 Å². The number of aromatic nitrogens is 1. The zero-order chi connectivity index (χ0) is 13.0. The molecule has 0 amide bonds. The second kappa shape index (κ2) is 5.86. The van der Waals surface area contributed by atoms with Crippen LogP contribution in [0.4, 0.5) is 0 Å². The molecule has 1 aliphatic rings. The van der Waals surface area contributed by atoms with Gasteiger partial charge in [-0.05, 0) is 44.2 Å². The maximum Gasteiger partial charge on any atom is 0.232 e. The third-order valence-electron chi connectivity index (χ3n) is 3.71. The molecule has 0 aliphatic heterocycles. The second-order valence-electron chi connectivity index (χ2n) is 5.10. The average molecular weight is 244 g/mol. The Morgan fingerprint density at radius 3 is 3.00 bits per heavy atom. The molecule has 2 unspecified atom stereocenters. The number of ether oxygens (including phenoxy) is 1. The molecule has 1 heterocycles. The molecule has 3 nitrogen and oxygen atoms in total. The van der Waals surface area contributed by atoms with Gasteiger partial charge in [-0.3, -0.25) is 0 Å². The van der Waals surface area contributed by atoms with Crippen LogP contribution in [0.1, 0.15) is 50.3 Å². The molecule has 96 valence electrons. The fourth-order valence-electron chi connectivity index (χ4n) is 2.59. The van der Waals surface area contributed by atoms with Gasteiger partial charge in [0.1, 0.15) is 17.7 Å². The molecule has 1 aromatic rings. The van der Waals surface area contributed by atoms with Crippen LogP contribution in [0.15, 0.2) is 12.1 Å². The summed E-state index contributed by atoms with van der Waals surface area (Å²) in [6, 6.07) is 5.79. The number of nitrogens with zero attached hydrogens (tertiary/aromatic N) is 2. The maximum atomic E-state index is 9.07. The molecule has 1 fully saturated rings. The number of pyridine rings is 1. The van der Waals surface area contributed by atoms with Crippen molar-refractivity contribution in [2.75, 3.05) is 0 Å². The van der Waals surface area contributed by atoms with Gasteiger partial charge in [-0.15, -0.1) is 0 Å². The molecule has 0 radical (unpaired) electrons. The summed E-state index contributed by atoms with van der Waals surface area (Å²) in [4.78, 5) is 4.34. The van der Waals surface area contributed by atoms with Gasteiger partial charge in [0.05, 0.1) is 0 Å². The highest BCUT2D eigenvalue weighted by atomic mass is 16.5. The van der Waals surface area contributed by atoms with Crippen LogP contribution in [0.2, 0.25) is 0 Å². The summed E-state index contributed by atoms with van der Waals surface area (Å²) in [5.41, 5.74) is 1.44. The van der Waals surface area contributed by atoms with Crippen molar-refractivity contribution in [1.29, 1.82) is 5.26 Å². The van der Waals surface area contributed by atoms with E-state index in [2.05, 4.69) is 18.0 Å². The van der Waals surface area contributed by atoms with Crippen LogP contribution in [0.5, 0.6) is 5.88 Å². The summed E-state index contributed by atoms with van der Waals surface area (Å²) in [6.07, 6.45) is 6.14. The lowest BCUT2D eigenvalue weighted by atomic mass is 9.85. The molecule has 3 heteroatoms. The SMILES string of the molecule is CCC1CCCC(Oc2nc(C)ccc2C#N)C1. The Kier molecular flexibility index (Phi) is 4.19. The zero-order valence-electron chi connectivity index (χ0n) is 11.1. The summed E-state index contributed by atoms with van der Waals surface area (Å²) in [6.45, 7) is 4.16. The quantitative estimate of drug-likeness (QED) is 0.816. The normalized spacial score (nSPS) is 23.4. The van der Waals surface area contributed by atoms with Gasteiger partial charge in [0.15, 0.2) is 0 Å². The predicted octanol–water partition coefficient (Wildman–Crippen LogP) is 3.61. The molecule has 0 N–H and O–H groups in total. The first-order valence-electron chi connectivity index (χ1n) is 6.77. The first-order valence-corrected chi connectivity index (χ1v) is 6.77. The molecular weight excluding hydrogens is 224 g/mol. The standard InChI is InChI=1S/C15H20N2O/c1-3-12-5-4-6-14(9-12)18-15-13(10-16)8-7-11(2)17-15/h7-8,12,14H,3-6,9H2,1-2H3. The Morgan fingerprint density at radius 1 is 1.44 bits per heavy atom. The zero-order valence-corrected chi connectivity index (χ0v) is 11.1. The molecule has 0 saturated heterocycles. The van der Waals surface area contributed by atoms with Gasteiger partial charge in [0.25, 0.3) is 0 Å². The van der Waals surface area contributed by atoms with Crippen molar-refractivity contribution in [3.63, 3.8) is 0 Å². The minimum atomic E-state index is 0.227. The van der Waals surface area contributed by atoms with Crippen LogP contribution in [0, 0.1) is 24.2 Å². The third-order valence-corrected chi connectivity index (χ3v) is 3.71. The summed E-state index contributed by atoms with van der Waals surface area (Å²) in [5.74, 6) is 1.28. The number of nitriles is 1. The highest BCUT2D eigenvalue weighted by Crippen LogP contribution is 2.30. The molecule has 1 saturated carbocycles. The van der Waals surface area contributed by atoms with E-state index < -0.39 is 0 Å². The van der Waals surface area contributed by atoms with E-state index in [0.717, 1.165) is 24.5 Å². The number of rotatable bonds is 3. The summed E-state index contributed by atoms with van der Waals surface area (Å²) in [5, 5.41) is 9.07. The van der Waals surface area contributed by atoms with Gasteiger partial charge in [-0.25, -0.2) is 4.98 Å². The lowest BCUT2D eigenvalue weighted by Crippen LogP contribution is -2.25. The fourth-order valence-corrected chi connectivity index (χ4v) is 2.59. The van der Waals surface area contributed by atoms with E-state index in [1.54, 1.807) is 6.07 Å². The lowest BCUT2D eigenvalue weighted by Gasteiger charge is -2.28. The summed E-state index contributed by atoms with van der Waals surface area (Å²) < 4.78 is 5.96. The fraction of sp³-hybridized carbons (Fsp3) is 0.600. The van der Waals surface area contributed by atoms with Gasteiger partial charge in [0, 0.05) is 5.69 Å². The maximum absolute atomic E-state index is 9.07. The van der Waals surface area contributed by atoms with Crippen LogP contribution in [0.25, 0.3) is 0 Å². The van der Waals surface area contributed by atoms with Crippen molar-refractivity contribution in [2.24, 2.45) is 5.92 Å². The van der Waals surface area contributed by atoms with Crippen LogP contribution in [0.3, 0.4) is 0 Å². The van der Waals surface area contributed by atoms with Crippen LogP contribution in [-0.2, 0) is 0 Å². The molecule has 0 bridgehead atoms. The average Bonchev–Trinajstić information content (AvgIpc) is 2.39. The van der Waals surface area contributed by atoms with E-state index in [4.69, 9.17) is 10.00 Å². The third kappa shape index (κ3) is 3.01. The largest absolute Gasteiger partial charge is 0.473 e. The van der Waals surface area contributed by atoms with Gasteiger partial charge in [-0.1, -0.05) is 19.8 Å². The van der Waals surface area contributed by atoms with E-state index in [1.807, 2.05) is 13.0 Å². The van der Waals surface area contributed by atoms with E-state index in [0.29, 0.717) is 11.4 Å². The first-order chi connectivity index (χ1) is 8.72. The Labute approximate surface area is 109 Å². The Hall–Kier alpha value is -1.56. The molecule has 2 rings (SSSR count).